The molecule has 40 heavy (non-hydrogen) atoms. The van der Waals surface area contributed by atoms with Gasteiger partial charge >= 0.3 is 0 Å². The summed E-state index contributed by atoms with van der Waals surface area (Å²) < 4.78 is 48.7. The summed E-state index contributed by atoms with van der Waals surface area (Å²) in [6.45, 7) is 5.75. The van der Waals surface area contributed by atoms with E-state index in [4.69, 9.17) is 13.9 Å². The van der Waals surface area contributed by atoms with Gasteiger partial charge in [-0.25, -0.2) is 18.4 Å². The Morgan fingerprint density at radius 1 is 1.00 bits per heavy atom. The first-order valence-corrected chi connectivity index (χ1v) is 14.1. The average molecular weight is 570 g/mol. The van der Waals surface area contributed by atoms with Gasteiger partial charge in [0, 0.05) is 24.5 Å². The summed E-state index contributed by atoms with van der Waals surface area (Å²) in [6.07, 6.45) is -0.888. The zero-order valence-corrected chi connectivity index (χ0v) is 23.6. The van der Waals surface area contributed by atoms with Crippen molar-refractivity contribution in [2.24, 2.45) is 0 Å². The predicted octanol–water partition coefficient (Wildman–Crippen LogP) is 2.64. The molecule has 0 amide bonds. The number of anilines is 2. The number of furan rings is 1. The fraction of sp³-hybridized carbons (Fsp3) is 0.385. The lowest BCUT2D eigenvalue weighted by atomic mass is 10.1. The number of aryl methyl sites for hydroxylation is 3. The zero-order chi connectivity index (χ0) is 28.6. The van der Waals surface area contributed by atoms with E-state index in [0.29, 0.717) is 34.7 Å². The molecule has 0 unspecified atom stereocenters. The molecular weight excluding hydrogens is 538 g/mol. The molecule has 2 atom stereocenters. The third kappa shape index (κ3) is 5.31. The van der Waals surface area contributed by atoms with E-state index in [1.165, 1.54) is 18.8 Å². The molecule has 1 saturated heterocycles. The molecule has 1 aliphatic heterocycles. The molecule has 0 radical (unpaired) electrons. The lowest BCUT2D eigenvalue weighted by Gasteiger charge is -2.35. The molecule has 13 nitrogen and oxygen atoms in total. The molecule has 2 N–H and O–H groups in total. The number of nitrogens with zero attached hydrogens (tertiary/aromatic N) is 6. The van der Waals surface area contributed by atoms with Crippen molar-refractivity contribution in [3.8, 4) is 28.8 Å². The Bertz CT molecular complexity index is 1590. The number of methoxy groups -OCH3 is 2. The number of benzene rings is 1. The maximum atomic E-state index is 13.8. The number of hydrogen-bond donors (Lipinski definition) is 2. The van der Waals surface area contributed by atoms with E-state index < -0.39 is 21.4 Å². The number of nitrogens with one attached hydrogen (secondary N) is 1. The second-order valence-electron chi connectivity index (χ2n) is 9.62. The minimum absolute atomic E-state index is 0.0208. The lowest BCUT2D eigenvalue weighted by molar-refractivity contribution is 0.154. The summed E-state index contributed by atoms with van der Waals surface area (Å²) in [5.41, 5.74) is 1.88. The molecule has 1 fully saturated rings. The zero-order valence-electron chi connectivity index (χ0n) is 22.8. The van der Waals surface area contributed by atoms with Crippen LogP contribution in [0.15, 0.2) is 40.8 Å². The van der Waals surface area contributed by atoms with Crippen molar-refractivity contribution < 1.29 is 27.4 Å². The van der Waals surface area contributed by atoms with Crippen LogP contribution in [0.2, 0.25) is 0 Å². The molecule has 212 valence electrons. The maximum Gasteiger partial charge on any atom is 0.243 e. The van der Waals surface area contributed by atoms with Crippen molar-refractivity contribution in [1.82, 2.24) is 24.7 Å². The average Bonchev–Trinajstić information content (AvgIpc) is 3.52. The number of β-amino-alcohol motifs (C(OH)–C–C–N with tert-alkyl or cyclic N) is 1. The first kappa shape index (κ1) is 27.4. The molecule has 4 heterocycles. The highest BCUT2D eigenvalue weighted by molar-refractivity contribution is 7.93. The van der Waals surface area contributed by atoms with Crippen molar-refractivity contribution in [3.05, 3.63) is 53.5 Å². The van der Waals surface area contributed by atoms with Gasteiger partial charge in [0.05, 0.1) is 20.3 Å². The Labute approximate surface area is 231 Å². The first-order chi connectivity index (χ1) is 19.1. The molecule has 0 spiro atoms. The van der Waals surface area contributed by atoms with Gasteiger partial charge in [0.25, 0.3) is 0 Å². The Kier molecular flexibility index (Phi) is 7.38. The fourth-order valence-electron chi connectivity index (χ4n) is 4.80. The molecular formula is C26H31N7O6S. The van der Waals surface area contributed by atoms with Crippen molar-refractivity contribution in [2.75, 3.05) is 36.9 Å². The van der Waals surface area contributed by atoms with Crippen LogP contribution in [0.3, 0.4) is 0 Å². The number of ether oxygens (including phenoxy) is 2. The van der Waals surface area contributed by atoms with Crippen LogP contribution in [0.5, 0.6) is 11.5 Å². The number of para-hydroxylation sites is 1. The summed E-state index contributed by atoms with van der Waals surface area (Å²) in [5.74, 6) is 2.32. The Morgan fingerprint density at radius 2 is 1.68 bits per heavy atom. The summed E-state index contributed by atoms with van der Waals surface area (Å²) in [5, 5.41) is 18.1. The number of hydrogen-bond acceptors (Lipinski definition) is 11. The minimum atomic E-state index is -4.11. The quantitative estimate of drug-likeness (QED) is 0.321. The van der Waals surface area contributed by atoms with Crippen LogP contribution in [-0.4, -0.2) is 76.9 Å². The minimum Gasteiger partial charge on any atom is -0.494 e. The summed E-state index contributed by atoms with van der Waals surface area (Å²) in [4.78, 5) is 10.6. The highest BCUT2D eigenvalue weighted by Crippen LogP contribution is 2.38. The maximum absolute atomic E-state index is 13.8. The van der Waals surface area contributed by atoms with Crippen LogP contribution >= 0.6 is 0 Å². The van der Waals surface area contributed by atoms with Gasteiger partial charge in [-0.3, -0.25) is 9.29 Å². The molecule has 1 aromatic carbocycles. The summed E-state index contributed by atoms with van der Waals surface area (Å²) in [7, 11) is -1.11. The molecule has 5 rings (SSSR count). The Morgan fingerprint density at radius 3 is 2.27 bits per heavy atom. The number of aliphatic hydroxyl groups excluding tert-OH is 1. The normalized spacial score (nSPS) is 17.6. The third-order valence-corrected chi connectivity index (χ3v) is 8.25. The van der Waals surface area contributed by atoms with Crippen molar-refractivity contribution in [2.45, 2.75) is 38.5 Å². The topological polar surface area (TPSA) is 158 Å². The first-order valence-electron chi connectivity index (χ1n) is 12.6. The molecule has 14 heteroatoms. The van der Waals surface area contributed by atoms with E-state index >= 15 is 0 Å². The van der Waals surface area contributed by atoms with E-state index in [2.05, 4.69) is 24.9 Å². The van der Waals surface area contributed by atoms with E-state index in [1.54, 1.807) is 42.2 Å². The second-order valence-corrected chi connectivity index (χ2v) is 11.6. The molecule has 4 aromatic rings. The second kappa shape index (κ2) is 10.8. The van der Waals surface area contributed by atoms with Gasteiger partial charge < -0.3 is 23.9 Å². The number of sulfonamides is 1. The molecule has 0 aliphatic carbocycles. The van der Waals surface area contributed by atoms with E-state index in [0.717, 1.165) is 11.4 Å². The highest BCUT2D eigenvalue weighted by Gasteiger charge is 2.37. The summed E-state index contributed by atoms with van der Waals surface area (Å²) in [6, 6.07) is 10.5. The standard InChI is InChI=1S/C26H31N7O6S/c1-15-11-16(2)28-25(27-15)32-13-18(34)12-19(14-32)40(35,36)31-26-30-29-24(22-10-9-17(3)39-22)33(26)23-20(37-4)7-6-8-21(23)38-5/h6-11,18-19,34H,12-14H2,1-5H3,(H,30,31)/t18-,19+/m1/s1. The van der Waals surface area contributed by atoms with E-state index in [9.17, 15) is 13.5 Å². The largest absolute Gasteiger partial charge is 0.494 e. The molecule has 0 saturated carbocycles. The van der Waals surface area contributed by atoms with Crippen LogP contribution in [0.25, 0.3) is 17.3 Å². The van der Waals surface area contributed by atoms with Gasteiger partial charge in [-0.1, -0.05) is 6.07 Å². The summed E-state index contributed by atoms with van der Waals surface area (Å²) >= 11 is 0. The number of piperidine rings is 1. The Balaban J connectivity index is 1.56. The van der Waals surface area contributed by atoms with E-state index in [-0.39, 0.29) is 31.3 Å². The van der Waals surface area contributed by atoms with Crippen LogP contribution in [0.1, 0.15) is 23.6 Å². The predicted molar refractivity (Wildman–Crippen MR) is 148 cm³/mol. The number of aliphatic hydroxyl groups is 1. The SMILES string of the molecule is COc1cccc(OC)c1-n1c(NS(=O)(=O)[C@H]2C[C@@H](O)CN(c3nc(C)cc(C)n3)C2)nnc1-c1ccc(C)o1. The van der Waals surface area contributed by atoms with Gasteiger partial charge in [-0.2, -0.15) is 0 Å². The van der Waals surface area contributed by atoms with Gasteiger partial charge in [0.2, 0.25) is 27.7 Å². The van der Waals surface area contributed by atoms with Crippen molar-refractivity contribution in [3.63, 3.8) is 0 Å². The van der Waals surface area contributed by atoms with Crippen LogP contribution in [0, 0.1) is 20.8 Å². The van der Waals surface area contributed by atoms with Gasteiger partial charge in [0.1, 0.15) is 28.2 Å². The molecule has 3 aromatic heterocycles. The van der Waals surface area contributed by atoms with Crippen LogP contribution < -0.4 is 19.1 Å². The van der Waals surface area contributed by atoms with Crippen molar-refractivity contribution in [1.29, 1.82) is 0 Å². The van der Waals surface area contributed by atoms with Crippen LogP contribution in [0.4, 0.5) is 11.9 Å². The monoisotopic (exact) mass is 569 g/mol. The fourth-order valence-corrected chi connectivity index (χ4v) is 6.21. The Hall–Kier alpha value is -4.17. The van der Waals surface area contributed by atoms with Gasteiger partial charge in [-0.15, -0.1) is 10.2 Å². The molecule has 1 aliphatic rings. The van der Waals surface area contributed by atoms with E-state index in [1.807, 2.05) is 19.9 Å². The highest BCUT2D eigenvalue weighted by atomic mass is 32.2. The lowest BCUT2D eigenvalue weighted by Crippen LogP contribution is -2.50. The van der Waals surface area contributed by atoms with Crippen molar-refractivity contribution >= 4 is 21.9 Å². The van der Waals surface area contributed by atoms with Crippen LogP contribution in [-0.2, 0) is 10.0 Å². The van der Waals surface area contributed by atoms with Gasteiger partial charge in [-0.05, 0) is 57.5 Å². The third-order valence-electron chi connectivity index (χ3n) is 6.57. The molecule has 0 bridgehead atoms. The number of rotatable bonds is 8. The van der Waals surface area contributed by atoms with Gasteiger partial charge in [0.15, 0.2) is 5.76 Å². The number of aromatic nitrogens is 5. The smallest absolute Gasteiger partial charge is 0.243 e.